The molecule has 2 saturated heterocycles. The maximum absolute atomic E-state index is 13.0. The van der Waals surface area contributed by atoms with Crippen molar-refractivity contribution in [3.05, 3.63) is 71.9 Å². The third-order valence-corrected chi connectivity index (χ3v) is 6.11. The van der Waals surface area contributed by atoms with Gasteiger partial charge in [-0.3, -0.25) is 19.5 Å². The van der Waals surface area contributed by atoms with Crippen molar-refractivity contribution >= 4 is 22.7 Å². The highest BCUT2D eigenvalue weighted by Gasteiger charge is 2.43. The Bertz CT molecular complexity index is 1130. The number of phenols is 1. The molecule has 1 aromatic heterocycles. The van der Waals surface area contributed by atoms with Crippen LogP contribution in [0.4, 0.5) is 0 Å². The molecule has 2 N–H and O–H groups in total. The van der Waals surface area contributed by atoms with Gasteiger partial charge in [-0.25, -0.2) is 0 Å². The van der Waals surface area contributed by atoms with Crippen molar-refractivity contribution in [2.45, 2.75) is 25.0 Å². The van der Waals surface area contributed by atoms with Crippen molar-refractivity contribution in [2.24, 2.45) is 0 Å². The largest absolute Gasteiger partial charge is 0.508 e. The number of carbonyl (C=O) groups excluding carboxylic acids is 2. The molecule has 2 aliphatic heterocycles. The average molecular weight is 416 g/mol. The van der Waals surface area contributed by atoms with Gasteiger partial charge in [-0.05, 0) is 41.5 Å². The second-order valence-corrected chi connectivity index (χ2v) is 8.24. The Morgan fingerprint density at radius 1 is 1.03 bits per heavy atom. The van der Waals surface area contributed by atoms with Gasteiger partial charge in [0.1, 0.15) is 17.8 Å². The smallest absolute Gasteiger partial charge is 0.246 e. The van der Waals surface area contributed by atoms with Crippen molar-refractivity contribution in [3.63, 3.8) is 0 Å². The van der Waals surface area contributed by atoms with E-state index in [0.29, 0.717) is 19.5 Å². The van der Waals surface area contributed by atoms with E-state index in [1.54, 1.807) is 35.4 Å². The number of fused-ring (bicyclic) bond motifs is 2. The van der Waals surface area contributed by atoms with E-state index in [-0.39, 0.29) is 17.6 Å². The number of piperazine rings is 2. The molecule has 2 aliphatic rings. The first kappa shape index (κ1) is 19.5. The van der Waals surface area contributed by atoms with Crippen molar-refractivity contribution in [1.82, 2.24) is 20.1 Å². The van der Waals surface area contributed by atoms with Crippen LogP contribution in [0.3, 0.4) is 0 Å². The third-order valence-electron chi connectivity index (χ3n) is 6.11. The SMILES string of the molecule is O=C1N[C@@H](Cc2ccc(O)cc2)C(=O)N2CCN(Cc3ccc4ncccc4c3)C[C@H]12. The Morgan fingerprint density at radius 2 is 1.84 bits per heavy atom. The number of aromatic nitrogens is 1. The summed E-state index contributed by atoms with van der Waals surface area (Å²) in [6.07, 6.45) is 2.21. The summed E-state index contributed by atoms with van der Waals surface area (Å²) >= 11 is 0. The van der Waals surface area contributed by atoms with Gasteiger partial charge in [0.05, 0.1) is 5.52 Å². The first-order valence-corrected chi connectivity index (χ1v) is 10.5. The monoisotopic (exact) mass is 416 g/mol. The lowest BCUT2D eigenvalue weighted by Crippen LogP contribution is -2.69. The molecule has 7 heteroatoms. The summed E-state index contributed by atoms with van der Waals surface area (Å²) < 4.78 is 0. The highest BCUT2D eigenvalue weighted by Crippen LogP contribution is 2.21. The van der Waals surface area contributed by atoms with E-state index in [1.165, 1.54) is 5.56 Å². The van der Waals surface area contributed by atoms with Gasteiger partial charge in [0, 0.05) is 44.2 Å². The van der Waals surface area contributed by atoms with E-state index in [9.17, 15) is 14.7 Å². The first-order chi connectivity index (χ1) is 15.1. The summed E-state index contributed by atoms with van der Waals surface area (Å²) in [6, 6.07) is 15.9. The van der Waals surface area contributed by atoms with Crippen molar-refractivity contribution in [1.29, 1.82) is 0 Å². The van der Waals surface area contributed by atoms with Gasteiger partial charge in [-0.1, -0.05) is 24.3 Å². The molecule has 158 valence electrons. The first-order valence-electron chi connectivity index (χ1n) is 10.5. The number of benzene rings is 2. The number of nitrogens with zero attached hydrogens (tertiary/aromatic N) is 3. The van der Waals surface area contributed by atoms with Crippen LogP contribution < -0.4 is 5.32 Å². The lowest BCUT2D eigenvalue weighted by Gasteiger charge is -2.45. The molecule has 0 saturated carbocycles. The summed E-state index contributed by atoms with van der Waals surface area (Å²) in [6.45, 7) is 2.52. The zero-order chi connectivity index (χ0) is 21.4. The number of carbonyl (C=O) groups is 2. The van der Waals surface area contributed by atoms with Crippen molar-refractivity contribution in [3.8, 4) is 5.75 Å². The fourth-order valence-electron chi connectivity index (χ4n) is 4.49. The van der Waals surface area contributed by atoms with Crippen molar-refractivity contribution < 1.29 is 14.7 Å². The van der Waals surface area contributed by atoms with Crippen LogP contribution in [0.5, 0.6) is 5.75 Å². The fraction of sp³-hybridized carbons (Fsp3) is 0.292. The topological polar surface area (TPSA) is 85.8 Å². The van der Waals surface area contributed by atoms with Crippen LogP contribution in [0, 0.1) is 0 Å². The molecular weight excluding hydrogens is 392 g/mol. The Morgan fingerprint density at radius 3 is 2.68 bits per heavy atom. The van der Waals surface area contributed by atoms with Gasteiger partial charge in [0.2, 0.25) is 11.8 Å². The van der Waals surface area contributed by atoms with E-state index < -0.39 is 12.1 Å². The molecule has 2 amide bonds. The van der Waals surface area contributed by atoms with E-state index >= 15 is 0 Å². The van der Waals surface area contributed by atoms with Gasteiger partial charge in [0.15, 0.2) is 0 Å². The van der Waals surface area contributed by atoms with Gasteiger partial charge in [-0.2, -0.15) is 0 Å². The summed E-state index contributed by atoms with van der Waals surface area (Å²) in [5.74, 6) is 0.0477. The maximum Gasteiger partial charge on any atom is 0.246 e. The number of amides is 2. The molecule has 0 unspecified atom stereocenters. The second-order valence-electron chi connectivity index (χ2n) is 8.24. The van der Waals surface area contributed by atoms with Crippen molar-refractivity contribution in [2.75, 3.05) is 19.6 Å². The average Bonchev–Trinajstić information content (AvgIpc) is 2.79. The Balaban J connectivity index is 1.25. The van der Waals surface area contributed by atoms with Gasteiger partial charge in [0.25, 0.3) is 0 Å². The quantitative estimate of drug-likeness (QED) is 0.676. The minimum atomic E-state index is -0.562. The minimum absolute atomic E-state index is 0.0332. The number of aromatic hydroxyl groups is 1. The van der Waals surface area contributed by atoms with Crippen LogP contribution in [0.2, 0.25) is 0 Å². The lowest BCUT2D eigenvalue weighted by atomic mass is 9.98. The Kier molecular flexibility index (Phi) is 5.03. The fourth-order valence-corrected chi connectivity index (χ4v) is 4.49. The second kappa shape index (κ2) is 8.00. The molecule has 0 aliphatic carbocycles. The molecule has 3 heterocycles. The number of phenolic OH excluding ortho intramolecular Hbond substituents is 1. The zero-order valence-electron chi connectivity index (χ0n) is 17.1. The summed E-state index contributed by atoms with van der Waals surface area (Å²) in [7, 11) is 0. The molecule has 31 heavy (non-hydrogen) atoms. The van der Waals surface area contributed by atoms with Crippen LogP contribution in [0.1, 0.15) is 11.1 Å². The van der Waals surface area contributed by atoms with Crippen LogP contribution in [0.15, 0.2) is 60.8 Å². The van der Waals surface area contributed by atoms with E-state index in [0.717, 1.165) is 29.6 Å². The highest BCUT2D eigenvalue weighted by atomic mass is 16.3. The molecule has 0 spiro atoms. The standard InChI is InChI=1S/C24H24N4O3/c29-19-6-3-16(4-7-19)13-21-24(31)28-11-10-27(15-22(28)23(30)26-21)14-17-5-8-20-18(12-17)2-1-9-25-20/h1-9,12,21-22,29H,10-11,13-15H2,(H,26,30)/t21-,22+/m0/s1. The van der Waals surface area contributed by atoms with E-state index in [2.05, 4.69) is 27.3 Å². The Labute approximate surface area is 180 Å². The molecule has 5 rings (SSSR count). The van der Waals surface area contributed by atoms with Crippen LogP contribution in [-0.4, -0.2) is 63.4 Å². The van der Waals surface area contributed by atoms with Crippen LogP contribution in [-0.2, 0) is 22.6 Å². The molecule has 2 atom stereocenters. The van der Waals surface area contributed by atoms with E-state index in [4.69, 9.17) is 0 Å². The predicted octanol–water partition coefficient (Wildman–Crippen LogP) is 1.69. The zero-order valence-corrected chi connectivity index (χ0v) is 17.1. The summed E-state index contributed by atoms with van der Waals surface area (Å²) in [4.78, 5) is 34.2. The minimum Gasteiger partial charge on any atom is -0.508 e. The number of pyridine rings is 1. The van der Waals surface area contributed by atoms with Gasteiger partial charge < -0.3 is 15.3 Å². The van der Waals surface area contributed by atoms with Gasteiger partial charge >= 0.3 is 0 Å². The maximum atomic E-state index is 13.0. The number of nitrogens with one attached hydrogen (secondary N) is 1. The third kappa shape index (κ3) is 3.96. The number of hydrogen-bond donors (Lipinski definition) is 2. The number of rotatable bonds is 4. The molecule has 0 bridgehead atoms. The normalized spacial score (nSPS) is 21.7. The van der Waals surface area contributed by atoms with Crippen LogP contribution >= 0.6 is 0 Å². The molecule has 7 nitrogen and oxygen atoms in total. The predicted molar refractivity (Wildman–Crippen MR) is 116 cm³/mol. The molecular formula is C24H24N4O3. The lowest BCUT2D eigenvalue weighted by molar-refractivity contribution is -0.153. The summed E-state index contributed by atoms with van der Waals surface area (Å²) in [5.41, 5.74) is 3.04. The molecule has 2 aromatic carbocycles. The van der Waals surface area contributed by atoms with Crippen LogP contribution in [0.25, 0.3) is 10.9 Å². The molecule has 0 radical (unpaired) electrons. The highest BCUT2D eigenvalue weighted by molar-refractivity contribution is 5.97. The van der Waals surface area contributed by atoms with E-state index in [1.807, 2.05) is 18.2 Å². The molecule has 3 aromatic rings. The molecule has 2 fully saturated rings. The van der Waals surface area contributed by atoms with Gasteiger partial charge in [-0.15, -0.1) is 0 Å². The summed E-state index contributed by atoms with van der Waals surface area (Å²) in [5, 5.41) is 13.4. The Hall–Kier alpha value is -3.45. The number of hydrogen-bond acceptors (Lipinski definition) is 5.